The van der Waals surface area contributed by atoms with Gasteiger partial charge in [0.15, 0.2) is 0 Å². The lowest BCUT2D eigenvalue weighted by Crippen LogP contribution is -2.49. The average molecular weight is 335 g/mol. The second kappa shape index (κ2) is 6.93. The molecular weight excluding hydrogens is 306 g/mol. The molecule has 2 bridgehead atoms. The Kier molecular flexibility index (Phi) is 4.66. The maximum atomic E-state index is 11.4. The highest BCUT2D eigenvalue weighted by Gasteiger charge is 2.47. The molecule has 0 amide bonds. The van der Waals surface area contributed by atoms with Crippen molar-refractivity contribution in [1.82, 2.24) is 4.90 Å². The molecule has 2 saturated heterocycles. The van der Waals surface area contributed by atoms with E-state index in [-0.39, 0.29) is 0 Å². The number of aliphatic hydroxyl groups is 1. The molecule has 2 aromatic rings. The Labute approximate surface area is 151 Å². The number of aryl methyl sites for hydroxylation is 1. The molecule has 2 atom stereocenters. The molecule has 0 radical (unpaired) electrons. The minimum Gasteiger partial charge on any atom is -0.385 e. The second-order valence-electron chi connectivity index (χ2n) is 7.93. The summed E-state index contributed by atoms with van der Waals surface area (Å²) < 4.78 is 0. The molecule has 25 heavy (non-hydrogen) atoms. The van der Waals surface area contributed by atoms with Gasteiger partial charge in [-0.2, -0.15) is 0 Å². The van der Waals surface area contributed by atoms with E-state index in [0.29, 0.717) is 12.1 Å². The van der Waals surface area contributed by atoms with Crippen molar-refractivity contribution in [3.63, 3.8) is 0 Å². The lowest BCUT2D eigenvalue weighted by molar-refractivity contribution is -0.0595. The maximum Gasteiger partial charge on any atom is 0.0926 e. The SMILES string of the molecule is CCCc1ccc(C2(O)CC3CCC(C2)N3Cc2ccccc2)cc1. The number of nitrogens with zero attached hydrogens (tertiary/aromatic N) is 1. The van der Waals surface area contributed by atoms with Gasteiger partial charge >= 0.3 is 0 Å². The Morgan fingerprint density at radius 2 is 1.56 bits per heavy atom. The lowest BCUT2D eigenvalue weighted by Gasteiger charge is -2.44. The van der Waals surface area contributed by atoms with Crippen LogP contribution in [0.15, 0.2) is 54.6 Å². The smallest absolute Gasteiger partial charge is 0.0926 e. The zero-order chi connectivity index (χ0) is 17.3. The van der Waals surface area contributed by atoms with Crippen LogP contribution in [0.3, 0.4) is 0 Å². The molecular formula is C23H29NO. The third-order valence-corrected chi connectivity index (χ3v) is 6.16. The Balaban J connectivity index is 1.50. The minimum atomic E-state index is -0.649. The maximum absolute atomic E-state index is 11.4. The minimum absolute atomic E-state index is 0.499. The van der Waals surface area contributed by atoms with Gasteiger partial charge < -0.3 is 5.11 Å². The van der Waals surface area contributed by atoms with Crippen molar-refractivity contribution < 1.29 is 5.11 Å². The second-order valence-corrected chi connectivity index (χ2v) is 7.93. The summed E-state index contributed by atoms with van der Waals surface area (Å²) in [4.78, 5) is 2.63. The molecule has 2 aliphatic heterocycles. The van der Waals surface area contributed by atoms with E-state index >= 15 is 0 Å². The average Bonchev–Trinajstić information content (AvgIpc) is 2.87. The number of benzene rings is 2. The van der Waals surface area contributed by atoms with Gasteiger partial charge in [-0.15, -0.1) is 0 Å². The van der Waals surface area contributed by atoms with Gasteiger partial charge in [-0.1, -0.05) is 67.9 Å². The van der Waals surface area contributed by atoms with E-state index in [2.05, 4.69) is 66.4 Å². The summed E-state index contributed by atoms with van der Waals surface area (Å²) in [5.74, 6) is 0. The molecule has 0 saturated carbocycles. The predicted octanol–water partition coefficient (Wildman–Crippen LogP) is 4.65. The summed E-state index contributed by atoms with van der Waals surface area (Å²) in [7, 11) is 0. The molecule has 2 aromatic carbocycles. The zero-order valence-corrected chi connectivity index (χ0v) is 15.2. The first-order valence-corrected chi connectivity index (χ1v) is 9.79. The van der Waals surface area contributed by atoms with E-state index in [1.807, 2.05) is 0 Å². The highest BCUT2D eigenvalue weighted by atomic mass is 16.3. The van der Waals surface area contributed by atoms with E-state index in [0.717, 1.165) is 31.4 Å². The van der Waals surface area contributed by atoms with Crippen LogP contribution in [0.4, 0.5) is 0 Å². The van der Waals surface area contributed by atoms with Crippen LogP contribution < -0.4 is 0 Å². The van der Waals surface area contributed by atoms with E-state index < -0.39 is 5.60 Å². The molecule has 2 fully saturated rings. The van der Waals surface area contributed by atoms with Gasteiger partial charge in [0.1, 0.15) is 0 Å². The molecule has 2 aliphatic rings. The first-order valence-electron chi connectivity index (χ1n) is 9.79. The van der Waals surface area contributed by atoms with Crippen LogP contribution in [0.25, 0.3) is 0 Å². The Morgan fingerprint density at radius 3 is 2.16 bits per heavy atom. The summed E-state index contributed by atoms with van der Waals surface area (Å²) in [6.45, 7) is 3.23. The van der Waals surface area contributed by atoms with Crippen LogP contribution >= 0.6 is 0 Å². The van der Waals surface area contributed by atoms with E-state index in [9.17, 15) is 5.11 Å². The van der Waals surface area contributed by atoms with Gasteiger partial charge in [-0.25, -0.2) is 0 Å². The van der Waals surface area contributed by atoms with Crippen molar-refractivity contribution in [2.24, 2.45) is 0 Å². The van der Waals surface area contributed by atoms with Gasteiger partial charge in [-0.3, -0.25) is 4.90 Å². The molecule has 0 spiro atoms. The van der Waals surface area contributed by atoms with Crippen molar-refractivity contribution >= 4 is 0 Å². The predicted molar refractivity (Wildman–Crippen MR) is 102 cm³/mol. The fourth-order valence-corrected chi connectivity index (χ4v) is 4.87. The molecule has 4 rings (SSSR count). The molecule has 2 nitrogen and oxygen atoms in total. The third kappa shape index (κ3) is 3.38. The molecule has 132 valence electrons. The molecule has 2 unspecified atom stereocenters. The van der Waals surface area contributed by atoms with E-state index in [4.69, 9.17) is 0 Å². The summed E-state index contributed by atoms with van der Waals surface area (Å²) >= 11 is 0. The molecule has 2 heterocycles. The fourth-order valence-electron chi connectivity index (χ4n) is 4.87. The van der Waals surface area contributed by atoms with E-state index in [1.54, 1.807) is 0 Å². The van der Waals surface area contributed by atoms with Crippen LogP contribution in [0, 0.1) is 0 Å². The molecule has 0 aliphatic carbocycles. The fraction of sp³-hybridized carbons (Fsp3) is 0.478. The van der Waals surface area contributed by atoms with Crippen LogP contribution in [-0.2, 0) is 18.6 Å². The zero-order valence-electron chi connectivity index (χ0n) is 15.2. The third-order valence-electron chi connectivity index (χ3n) is 6.16. The van der Waals surface area contributed by atoms with Crippen LogP contribution in [0.2, 0.25) is 0 Å². The normalized spacial score (nSPS) is 29.0. The quantitative estimate of drug-likeness (QED) is 0.859. The number of hydrogen-bond acceptors (Lipinski definition) is 2. The summed E-state index contributed by atoms with van der Waals surface area (Å²) in [5.41, 5.74) is 3.22. The number of hydrogen-bond donors (Lipinski definition) is 1. The van der Waals surface area contributed by atoms with Crippen molar-refractivity contribution in [2.75, 3.05) is 0 Å². The Morgan fingerprint density at radius 1 is 0.920 bits per heavy atom. The first kappa shape index (κ1) is 16.8. The first-order chi connectivity index (χ1) is 12.2. The highest BCUT2D eigenvalue weighted by molar-refractivity contribution is 5.29. The largest absolute Gasteiger partial charge is 0.385 e. The van der Waals surface area contributed by atoms with Crippen LogP contribution in [-0.4, -0.2) is 22.1 Å². The van der Waals surface area contributed by atoms with Gasteiger partial charge in [0.2, 0.25) is 0 Å². The van der Waals surface area contributed by atoms with Gasteiger partial charge in [-0.05, 0) is 48.8 Å². The number of piperidine rings is 1. The summed E-state index contributed by atoms with van der Waals surface area (Å²) in [5, 5.41) is 11.4. The van der Waals surface area contributed by atoms with Gasteiger partial charge in [0, 0.05) is 18.6 Å². The number of fused-ring (bicyclic) bond motifs is 2. The molecule has 0 aromatic heterocycles. The van der Waals surface area contributed by atoms with Crippen molar-refractivity contribution in [1.29, 1.82) is 0 Å². The monoisotopic (exact) mass is 335 g/mol. The van der Waals surface area contributed by atoms with E-state index in [1.165, 1.54) is 30.4 Å². The van der Waals surface area contributed by atoms with Gasteiger partial charge in [0.25, 0.3) is 0 Å². The Hall–Kier alpha value is -1.64. The Bertz CT molecular complexity index is 680. The summed E-state index contributed by atoms with van der Waals surface area (Å²) in [6.07, 6.45) is 6.45. The summed E-state index contributed by atoms with van der Waals surface area (Å²) in [6, 6.07) is 20.5. The highest BCUT2D eigenvalue weighted by Crippen LogP contribution is 2.46. The molecule has 2 heteroatoms. The number of rotatable bonds is 5. The topological polar surface area (TPSA) is 23.5 Å². The van der Waals surface area contributed by atoms with Crippen molar-refractivity contribution in [2.45, 2.75) is 69.7 Å². The molecule has 1 N–H and O–H groups in total. The van der Waals surface area contributed by atoms with Gasteiger partial charge in [0.05, 0.1) is 5.60 Å². The van der Waals surface area contributed by atoms with Crippen LogP contribution in [0.1, 0.15) is 55.7 Å². The standard InChI is InChI=1S/C23H29NO/c1-2-6-18-9-11-20(12-10-18)23(25)15-21-13-14-22(16-23)24(21)17-19-7-4-3-5-8-19/h3-5,7-12,21-22,25H,2,6,13-17H2,1H3. The van der Waals surface area contributed by atoms with Crippen molar-refractivity contribution in [3.8, 4) is 0 Å². The van der Waals surface area contributed by atoms with Crippen molar-refractivity contribution in [3.05, 3.63) is 71.3 Å². The van der Waals surface area contributed by atoms with Crippen LogP contribution in [0.5, 0.6) is 0 Å². The lowest BCUT2D eigenvalue weighted by atomic mass is 9.80.